The number of hydrogen-bond acceptors (Lipinski definition) is 6. The number of rotatable bonds is 4. The zero-order valence-corrected chi connectivity index (χ0v) is 10.1. The van der Waals surface area contributed by atoms with Crippen LogP contribution in [0, 0.1) is 0 Å². The molecular formula is C11H12N2O6. The van der Waals surface area contributed by atoms with Crippen LogP contribution in [0.2, 0.25) is 0 Å². The number of imide groups is 2. The average Bonchev–Trinajstić information content (AvgIpc) is 2.99. The first kappa shape index (κ1) is 12.2. The van der Waals surface area contributed by atoms with Crippen molar-refractivity contribution in [1.29, 1.82) is 0 Å². The van der Waals surface area contributed by atoms with Gasteiger partial charge >= 0.3 is 0 Å². The molecule has 2 saturated heterocycles. The summed E-state index contributed by atoms with van der Waals surface area (Å²) in [6.07, 6.45) is 1.27. The molecule has 3 rings (SSSR count). The number of carbonyl (C=O) groups is 4. The van der Waals surface area contributed by atoms with E-state index in [1.165, 1.54) is 0 Å². The summed E-state index contributed by atoms with van der Waals surface area (Å²) in [5.74, 6) is -2.96. The zero-order valence-electron chi connectivity index (χ0n) is 10.1. The van der Waals surface area contributed by atoms with E-state index in [0.717, 1.165) is 0 Å². The average molecular weight is 268 g/mol. The Bertz CT molecular complexity index is 412. The Balaban J connectivity index is 1.67. The Kier molecular flexibility index (Phi) is 2.64. The number of nitrogens with zero attached hydrogens (tertiary/aromatic N) is 2. The summed E-state index contributed by atoms with van der Waals surface area (Å²) >= 11 is 0. The molecule has 19 heavy (non-hydrogen) atoms. The third kappa shape index (κ3) is 2.13. The zero-order chi connectivity index (χ0) is 13.6. The highest BCUT2D eigenvalue weighted by atomic mass is 16.9. The molecule has 4 amide bonds. The predicted molar refractivity (Wildman–Crippen MR) is 56.3 cm³/mol. The Morgan fingerprint density at radius 3 is 1.26 bits per heavy atom. The van der Waals surface area contributed by atoms with Gasteiger partial charge in [-0.25, -0.2) is 9.68 Å². The molecule has 0 aromatic carbocycles. The molecule has 102 valence electrons. The summed E-state index contributed by atoms with van der Waals surface area (Å²) in [7, 11) is 0. The maximum atomic E-state index is 11.4. The van der Waals surface area contributed by atoms with E-state index in [9.17, 15) is 19.2 Å². The lowest BCUT2D eigenvalue weighted by atomic mass is 10.4. The molecule has 0 spiro atoms. The molecule has 0 N–H and O–H groups in total. The fraction of sp³-hybridized carbons (Fsp3) is 0.636. The molecule has 0 bridgehead atoms. The van der Waals surface area contributed by atoms with E-state index in [4.69, 9.17) is 9.68 Å². The van der Waals surface area contributed by atoms with E-state index in [1.807, 2.05) is 0 Å². The first-order valence-corrected chi connectivity index (χ1v) is 6.11. The number of hydrogen-bond donors (Lipinski definition) is 0. The van der Waals surface area contributed by atoms with Crippen LogP contribution >= 0.6 is 0 Å². The minimum Gasteiger partial charge on any atom is -0.272 e. The molecule has 0 radical (unpaired) electrons. The summed E-state index contributed by atoms with van der Waals surface area (Å²) in [4.78, 5) is 56.3. The summed E-state index contributed by atoms with van der Waals surface area (Å²) in [6, 6.07) is 0. The van der Waals surface area contributed by atoms with Crippen LogP contribution in [0.4, 0.5) is 0 Å². The van der Waals surface area contributed by atoms with E-state index in [2.05, 4.69) is 0 Å². The highest BCUT2D eigenvalue weighted by Crippen LogP contribution is 2.43. The molecule has 0 unspecified atom stereocenters. The van der Waals surface area contributed by atoms with Crippen molar-refractivity contribution in [3.8, 4) is 0 Å². The van der Waals surface area contributed by atoms with E-state index >= 15 is 0 Å². The van der Waals surface area contributed by atoms with Gasteiger partial charge in [0.1, 0.15) is 0 Å². The molecule has 3 aliphatic rings. The van der Waals surface area contributed by atoms with Crippen molar-refractivity contribution in [1.82, 2.24) is 10.1 Å². The van der Waals surface area contributed by atoms with Gasteiger partial charge < -0.3 is 0 Å². The largest absolute Gasteiger partial charge is 0.272 e. The topological polar surface area (TPSA) is 93.2 Å². The summed E-state index contributed by atoms with van der Waals surface area (Å²) in [6.45, 7) is 0. The Morgan fingerprint density at radius 2 is 1.00 bits per heavy atom. The number of amides is 4. The third-order valence-electron chi connectivity index (χ3n) is 3.19. The van der Waals surface area contributed by atoms with Gasteiger partial charge in [-0.15, -0.1) is 0 Å². The van der Waals surface area contributed by atoms with Gasteiger partial charge in [0.05, 0.1) is 0 Å². The summed E-state index contributed by atoms with van der Waals surface area (Å²) in [5, 5.41) is 1.36. The van der Waals surface area contributed by atoms with Gasteiger partial charge in [0.2, 0.25) is 5.79 Å². The van der Waals surface area contributed by atoms with Crippen molar-refractivity contribution in [3.63, 3.8) is 0 Å². The lowest BCUT2D eigenvalue weighted by molar-refractivity contribution is -0.327. The molecule has 3 fully saturated rings. The van der Waals surface area contributed by atoms with Gasteiger partial charge in [-0.05, 0) is 0 Å². The predicted octanol–water partition coefficient (Wildman–Crippen LogP) is -0.362. The van der Waals surface area contributed by atoms with Gasteiger partial charge in [-0.1, -0.05) is 0 Å². The fourth-order valence-electron chi connectivity index (χ4n) is 1.95. The van der Waals surface area contributed by atoms with Crippen LogP contribution in [0.15, 0.2) is 0 Å². The lowest BCUT2D eigenvalue weighted by Crippen LogP contribution is -2.42. The number of carbonyl (C=O) groups excluding carboxylic acids is 4. The first-order valence-electron chi connectivity index (χ1n) is 6.11. The Labute approximate surface area is 108 Å². The molecular weight excluding hydrogens is 256 g/mol. The van der Waals surface area contributed by atoms with Crippen molar-refractivity contribution in [2.45, 2.75) is 44.3 Å². The second-order valence-electron chi connectivity index (χ2n) is 4.76. The van der Waals surface area contributed by atoms with Crippen molar-refractivity contribution < 1.29 is 28.9 Å². The van der Waals surface area contributed by atoms with Crippen molar-refractivity contribution in [3.05, 3.63) is 0 Å². The van der Waals surface area contributed by atoms with E-state index in [-0.39, 0.29) is 25.7 Å². The second kappa shape index (κ2) is 4.10. The summed E-state index contributed by atoms with van der Waals surface area (Å²) < 4.78 is 0. The fourth-order valence-corrected chi connectivity index (χ4v) is 1.95. The Hall–Kier alpha value is -1.80. The summed E-state index contributed by atoms with van der Waals surface area (Å²) in [5.41, 5.74) is 0. The van der Waals surface area contributed by atoms with Gasteiger partial charge in [0, 0.05) is 38.5 Å². The normalized spacial score (nSPS) is 25.7. The highest BCUT2D eigenvalue weighted by molar-refractivity contribution is 6.01. The van der Waals surface area contributed by atoms with Crippen LogP contribution in [0.25, 0.3) is 0 Å². The van der Waals surface area contributed by atoms with Gasteiger partial charge in [0.25, 0.3) is 23.6 Å². The van der Waals surface area contributed by atoms with E-state index in [0.29, 0.717) is 23.0 Å². The smallest absolute Gasteiger partial charge is 0.254 e. The second-order valence-corrected chi connectivity index (χ2v) is 4.76. The molecule has 0 aromatic rings. The minimum atomic E-state index is -1.23. The monoisotopic (exact) mass is 268 g/mol. The first-order chi connectivity index (χ1) is 9.01. The molecule has 2 heterocycles. The van der Waals surface area contributed by atoms with E-state index < -0.39 is 29.4 Å². The van der Waals surface area contributed by atoms with Crippen LogP contribution in [0.3, 0.4) is 0 Å². The van der Waals surface area contributed by atoms with E-state index in [1.54, 1.807) is 0 Å². The number of hydroxylamine groups is 4. The van der Waals surface area contributed by atoms with Gasteiger partial charge in [-0.3, -0.25) is 19.2 Å². The molecule has 1 aliphatic carbocycles. The van der Waals surface area contributed by atoms with Crippen LogP contribution < -0.4 is 0 Å². The molecule has 8 nitrogen and oxygen atoms in total. The van der Waals surface area contributed by atoms with Crippen LogP contribution in [0.5, 0.6) is 0 Å². The molecule has 1 saturated carbocycles. The quantitative estimate of drug-likeness (QED) is 0.510. The van der Waals surface area contributed by atoms with Crippen molar-refractivity contribution >= 4 is 23.6 Å². The SMILES string of the molecule is O=C1CCC(=O)N1OC1(ON2C(=O)CCC2=O)CC1. The molecule has 0 atom stereocenters. The van der Waals surface area contributed by atoms with Crippen molar-refractivity contribution in [2.24, 2.45) is 0 Å². The lowest BCUT2D eigenvalue weighted by Gasteiger charge is -2.24. The maximum absolute atomic E-state index is 11.4. The maximum Gasteiger partial charge on any atom is 0.254 e. The standard InChI is InChI=1S/C11H12N2O6/c14-7-1-2-8(15)12(7)18-11(5-6-11)19-13-9(16)3-4-10(13)17/h1-6H2. The van der Waals surface area contributed by atoms with Gasteiger partial charge in [-0.2, -0.15) is 10.1 Å². The van der Waals surface area contributed by atoms with Crippen LogP contribution in [-0.4, -0.2) is 39.5 Å². The van der Waals surface area contributed by atoms with Gasteiger partial charge in [0.15, 0.2) is 0 Å². The third-order valence-corrected chi connectivity index (χ3v) is 3.19. The van der Waals surface area contributed by atoms with Crippen LogP contribution in [-0.2, 0) is 28.9 Å². The Morgan fingerprint density at radius 1 is 0.684 bits per heavy atom. The minimum absolute atomic E-state index is 0.108. The molecule has 2 aliphatic heterocycles. The van der Waals surface area contributed by atoms with Crippen LogP contribution in [0.1, 0.15) is 38.5 Å². The molecule has 8 heteroatoms. The van der Waals surface area contributed by atoms with Crippen molar-refractivity contribution in [2.75, 3.05) is 0 Å². The highest BCUT2D eigenvalue weighted by Gasteiger charge is 2.55. The molecule has 0 aromatic heterocycles.